The standard InChI is InChI=1S/C9H10O5S/c1-15(12,13)6-7-2-4-8(5-3-7)9(10)14-11/h2-5,11H,6H2,1H3. The zero-order valence-electron chi connectivity index (χ0n) is 8.00. The third-order valence-electron chi connectivity index (χ3n) is 1.70. The molecule has 6 heteroatoms. The zero-order valence-corrected chi connectivity index (χ0v) is 8.82. The quantitative estimate of drug-likeness (QED) is 0.615. The Morgan fingerprint density at radius 2 is 1.87 bits per heavy atom. The van der Waals surface area contributed by atoms with Gasteiger partial charge in [-0.15, -0.1) is 0 Å². The maximum Gasteiger partial charge on any atom is 0.372 e. The lowest BCUT2D eigenvalue weighted by molar-refractivity contribution is -0.182. The minimum atomic E-state index is -3.08. The lowest BCUT2D eigenvalue weighted by atomic mass is 10.1. The molecule has 0 atom stereocenters. The third-order valence-corrected chi connectivity index (χ3v) is 2.56. The van der Waals surface area contributed by atoms with E-state index in [4.69, 9.17) is 5.26 Å². The second kappa shape index (κ2) is 4.41. The number of sulfone groups is 1. The lowest BCUT2D eigenvalue weighted by Gasteiger charge is -2.00. The molecule has 0 radical (unpaired) electrons. The highest BCUT2D eigenvalue weighted by molar-refractivity contribution is 7.89. The van der Waals surface area contributed by atoms with E-state index in [1.54, 1.807) is 0 Å². The Morgan fingerprint density at radius 1 is 1.33 bits per heavy atom. The van der Waals surface area contributed by atoms with E-state index in [1.165, 1.54) is 24.3 Å². The van der Waals surface area contributed by atoms with Crippen LogP contribution in [0.25, 0.3) is 0 Å². The Kier molecular flexibility index (Phi) is 3.43. The molecule has 0 saturated carbocycles. The van der Waals surface area contributed by atoms with Gasteiger partial charge in [0.2, 0.25) is 0 Å². The van der Waals surface area contributed by atoms with Gasteiger partial charge in [-0.2, -0.15) is 5.26 Å². The van der Waals surface area contributed by atoms with Crippen molar-refractivity contribution in [3.8, 4) is 0 Å². The fourth-order valence-electron chi connectivity index (χ4n) is 1.09. The van der Waals surface area contributed by atoms with E-state index in [2.05, 4.69) is 4.89 Å². The van der Waals surface area contributed by atoms with Gasteiger partial charge in [0.1, 0.15) is 0 Å². The monoisotopic (exact) mass is 230 g/mol. The van der Waals surface area contributed by atoms with Crippen LogP contribution in [-0.4, -0.2) is 25.9 Å². The molecule has 0 aliphatic heterocycles. The highest BCUT2D eigenvalue weighted by Gasteiger charge is 2.08. The maximum absolute atomic E-state index is 10.9. The van der Waals surface area contributed by atoms with Crippen LogP contribution in [0.4, 0.5) is 0 Å². The van der Waals surface area contributed by atoms with Gasteiger partial charge >= 0.3 is 5.97 Å². The molecule has 0 aliphatic rings. The number of hydrogen-bond acceptors (Lipinski definition) is 5. The Bertz CT molecular complexity index is 446. The van der Waals surface area contributed by atoms with Gasteiger partial charge in [-0.05, 0) is 17.7 Å². The van der Waals surface area contributed by atoms with Gasteiger partial charge in [-0.25, -0.2) is 13.2 Å². The summed E-state index contributed by atoms with van der Waals surface area (Å²) in [5.41, 5.74) is 0.738. The summed E-state index contributed by atoms with van der Waals surface area (Å²) >= 11 is 0. The number of carbonyl (C=O) groups is 1. The molecule has 0 amide bonds. The molecule has 0 spiro atoms. The van der Waals surface area contributed by atoms with Gasteiger partial charge in [0.25, 0.3) is 0 Å². The van der Waals surface area contributed by atoms with E-state index in [1.807, 2.05) is 0 Å². The summed E-state index contributed by atoms with van der Waals surface area (Å²) in [6, 6.07) is 5.76. The summed E-state index contributed by atoms with van der Waals surface area (Å²) in [5.74, 6) is -0.956. The van der Waals surface area contributed by atoms with Crippen LogP contribution in [0, 0.1) is 0 Å². The van der Waals surface area contributed by atoms with Crippen molar-refractivity contribution >= 4 is 15.8 Å². The fourth-order valence-corrected chi connectivity index (χ4v) is 1.89. The van der Waals surface area contributed by atoms with Crippen molar-refractivity contribution < 1.29 is 23.4 Å². The first-order chi connectivity index (χ1) is 6.92. The maximum atomic E-state index is 10.9. The summed E-state index contributed by atoms with van der Waals surface area (Å²) in [6.45, 7) is 0. The lowest BCUT2D eigenvalue weighted by Crippen LogP contribution is -2.03. The van der Waals surface area contributed by atoms with Crippen molar-refractivity contribution in [2.45, 2.75) is 5.75 Å². The smallest absolute Gasteiger partial charge is 0.296 e. The third kappa shape index (κ3) is 3.69. The van der Waals surface area contributed by atoms with Gasteiger partial charge in [0.15, 0.2) is 9.84 Å². The van der Waals surface area contributed by atoms with E-state index in [-0.39, 0.29) is 11.3 Å². The summed E-state index contributed by atoms with van der Waals surface area (Å²) in [4.78, 5) is 14.3. The predicted molar refractivity (Wildman–Crippen MR) is 53.0 cm³/mol. The summed E-state index contributed by atoms with van der Waals surface area (Å²) in [7, 11) is -3.08. The first-order valence-electron chi connectivity index (χ1n) is 4.05. The first kappa shape index (κ1) is 11.7. The van der Waals surface area contributed by atoms with Gasteiger partial charge in [0.05, 0.1) is 11.3 Å². The van der Waals surface area contributed by atoms with Crippen LogP contribution in [0.3, 0.4) is 0 Å². The molecule has 0 bridgehead atoms. The van der Waals surface area contributed by atoms with E-state index >= 15 is 0 Å². The van der Waals surface area contributed by atoms with E-state index < -0.39 is 15.8 Å². The van der Waals surface area contributed by atoms with Gasteiger partial charge in [-0.3, -0.25) is 4.89 Å². The molecule has 0 fully saturated rings. The summed E-state index contributed by atoms with van der Waals surface area (Å²) in [5, 5.41) is 8.10. The number of carbonyl (C=O) groups excluding carboxylic acids is 1. The Labute approximate surface area is 87.2 Å². The number of hydrogen-bond donors (Lipinski definition) is 1. The van der Waals surface area contributed by atoms with E-state index in [0.29, 0.717) is 5.56 Å². The number of rotatable bonds is 3. The Balaban J connectivity index is 2.86. The van der Waals surface area contributed by atoms with Gasteiger partial charge in [0, 0.05) is 6.26 Å². The molecule has 1 N–H and O–H groups in total. The normalized spacial score (nSPS) is 11.1. The van der Waals surface area contributed by atoms with Crippen molar-refractivity contribution in [3.05, 3.63) is 35.4 Å². The molecular formula is C9H10O5S. The second-order valence-corrected chi connectivity index (χ2v) is 5.29. The molecule has 15 heavy (non-hydrogen) atoms. The Morgan fingerprint density at radius 3 is 2.27 bits per heavy atom. The molecule has 0 unspecified atom stereocenters. The molecule has 1 aromatic carbocycles. The SMILES string of the molecule is CS(=O)(=O)Cc1ccc(C(=O)OO)cc1. The molecular weight excluding hydrogens is 220 g/mol. The minimum absolute atomic E-state index is 0.0819. The topological polar surface area (TPSA) is 80.7 Å². The molecule has 0 heterocycles. The van der Waals surface area contributed by atoms with Crippen LogP contribution in [0.5, 0.6) is 0 Å². The van der Waals surface area contributed by atoms with Crippen molar-refractivity contribution in [1.29, 1.82) is 0 Å². The molecule has 5 nitrogen and oxygen atoms in total. The van der Waals surface area contributed by atoms with Crippen LogP contribution >= 0.6 is 0 Å². The average molecular weight is 230 g/mol. The van der Waals surface area contributed by atoms with Crippen molar-refractivity contribution in [2.24, 2.45) is 0 Å². The van der Waals surface area contributed by atoms with Crippen LogP contribution in [0.2, 0.25) is 0 Å². The Hall–Kier alpha value is -1.40. The minimum Gasteiger partial charge on any atom is -0.296 e. The van der Waals surface area contributed by atoms with Crippen molar-refractivity contribution in [2.75, 3.05) is 6.26 Å². The first-order valence-corrected chi connectivity index (χ1v) is 6.11. The summed E-state index contributed by atoms with van der Waals surface area (Å²) in [6.07, 6.45) is 1.13. The van der Waals surface area contributed by atoms with Crippen LogP contribution in [0.1, 0.15) is 15.9 Å². The second-order valence-electron chi connectivity index (χ2n) is 3.15. The zero-order chi connectivity index (χ0) is 11.5. The molecule has 0 saturated heterocycles. The largest absolute Gasteiger partial charge is 0.372 e. The van der Waals surface area contributed by atoms with Gasteiger partial charge in [-0.1, -0.05) is 12.1 Å². The molecule has 1 aromatic rings. The predicted octanol–water partition coefficient (Wildman–Crippen LogP) is 0.861. The fraction of sp³-hybridized carbons (Fsp3) is 0.222. The molecule has 1 rings (SSSR count). The highest BCUT2D eigenvalue weighted by atomic mass is 32.2. The summed E-state index contributed by atoms with van der Waals surface area (Å²) < 4.78 is 21.9. The average Bonchev–Trinajstić information content (AvgIpc) is 2.15. The van der Waals surface area contributed by atoms with Crippen LogP contribution < -0.4 is 0 Å². The van der Waals surface area contributed by atoms with E-state index in [9.17, 15) is 13.2 Å². The highest BCUT2D eigenvalue weighted by Crippen LogP contribution is 2.08. The van der Waals surface area contributed by atoms with Crippen molar-refractivity contribution in [3.63, 3.8) is 0 Å². The molecule has 82 valence electrons. The molecule has 0 aromatic heterocycles. The van der Waals surface area contributed by atoms with Crippen LogP contribution in [-0.2, 0) is 20.5 Å². The van der Waals surface area contributed by atoms with Gasteiger partial charge < -0.3 is 0 Å². The van der Waals surface area contributed by atoms with Crippen molar-refractivity contribution in [1.82, 2.24) is 0 Å². The van der Waals surface area contributed by atoms with Crippen LogP contribution in [0.15, 0.2) is 24.3 Å². The number of benzene rings is 1. The molecule has 0 aliphatic carbocycles. The van der Waals surface area contributed by atoms with E-state index in [0.717, 1.165) is 6.26 Å².